The zero-order valence-electron chi connectivity index (χ0n) is 29.1. The zero-order valence-corrected chi connectivity index (χ0v) is 30.0. The average molecular weight is 730 g/mol. The first-order chi connectivity index (χ1) is 23.3. The van der Waals surface area contributed by atoms with Crippen molar-refractivity contribution in [1.82, 2.24) is 0 Å². The summed E-state index contributed by atoms with van der Waals surface area (Å²) in [5.41, 5.74) is -0.105. The third kappa shape index (κ3) is 21.3. The predicted molar refractivity (Wildman–Crippen MR) is 181 cm³/mol. The topological polar surface area (TPSA) is 229 Å². The van der Waals surface area contributed by atoms with Gasteiger partial charge in [-0.2, -0.15) is 0 Å². The molecule has 2 N–H and O–H groups in total. The van der Waals surface area contributed by atoms with Gasteiger partial charge in [0.2, 0.25) is 0 Å². The van der Waals surface area contributed by atoms with Gasteiger partial charge in [0, 0.05) is 37.1 Å². The first-order valence-corrected chi connectivity index (χ1v) is 17.7. The maximum absolute atomic E-state index is 11.8. The number of unbranched alkanes of at least 4 members (excludes halogenated alkanes) is 4. The van der Waals surface area contributed by atoms with E-state index in [0.29, 0.717) is 29.6 Å². The third-order valence-electron chi connectivity index (χ3n) is 7.50. The fourth-order valence-electron chi connectivity index (χ4n) is 4.51. The standard InChI is InChI=1S/C16H25N2O8P.C16H25N2O5/c1-18(2,12-13-25-27(22,23)24)11-5-3-4-6-16(19)26-15-9-7-14(8-10-15)17(20)21;1-18(2,12-13-19)11-5-3-4-6-16(20)23-15-9-7-14(8-10-15)17(21)22/h7-10H,3-6,11-13H2,1-2H3,(H-,22,23,24);7-10,19H,3-6,11-13H2,1-2H3/q;+1. The molecule has 0 spiro atoms. The molecular weight excluding hydrogens is 679 g/mol. The van der Waals surface area contributed by atoms with Crippen LogP contribution >= 0.6 is 7.82 Å². The highest BCUT2D eigenvalue weighted by Crippen LogP contribution is 2.30. The summed E-state index contributed by atoms with van der Waals surface area (Å²) in [6.07, 6.45) is 5.45. The Balaban J connectivity index is 0.000000506. The fraction of sp³-hybridized carbons (Fsp3) is 0.562. The van der Waals surface area contributed by atoms with Gasteiger partial charge in [0.15, 0.2) is 0 Å². The van der Waals surface area contributed by atoms with Crippen molar-refractivity contribution in [2.45, 2.75) is 51.4 Å². The smallest absolute Gasteiger partial charge is 0.311 e. The van der Waals surface area contributed by atoms with Crippen LogP contribution in [0.15, 0.2) is 48.5 Å². The highest BCUT2D eigenvalue weighted by molar-refractivity contribution is 7.44. The van der Waals surface area contributed by atoms with Crippen LogP contribution in [0.25, 0.3) is 0 Å². The Kier molecular flexibility index (Phi) is 19.5. The van der Waals surface area contributed by atoms with Crippen LogP contribution in [0.3, 0.4) is 0 Å². The zero-order chi connectivity index (χ0) is 37.8. The number of non-ortho nitro benzene ring substituents is 2. The molecule has 0 saturated heterocycles. The van der Waals surface area contributed by atoms with E-state index in [-0.39, 0.29) is 42.7 Å². The van der Waals surface area contributed by atoms with Gasteiger partial charge < -0.3 is 37.9 Å². The van der Waals surface area contributed by atoms with Crippen molar-refractivity contribution < 1.29 is 61.9 Å². The highest BCUT2D eigenvalue weighted by Gasteiger charge is 2.17. The van der Waals surface area contributed by atoms with Crippen LogP contribution in [0.2, 0.25) is 0 Å². The SMILES string of the molecule is C[N+](C)(CCCCCC(=O)Oc1ccc([N+](=O)[O-])cc1)CCOP(=O)([O-])O.C[N+](C)(CCO)CCCCCC(=O)Oc1ccc([N+](=O)[O-])cc1. The molecule has 0 fully saturated rings. The molecule has 0 saturated carbocycles. The lowest BCUT2D eigenvalue weighted by atomic mass is 10.2. The molecule has 1 unspecified atom stereocenters. The second kappa shape index (κ2) is 22.1. The minimum absolute atomic E-state index is 0.0339. The third-order valence-corrected chi connectivity index (χ3v) is 8.01. The summed E-state index contributed by atoms with van der Waals surface area (Å²) in [5.74, 6) is -0.146. The van der Waals surface area contributed by atoms with Crippen LogP contribution in [0.4, 0.5) is 11.4 Å². The molecule has 0 aromatic heterocycles. The van der Waals surface area contributed by atoms with Crippen molar-refractivity contribution in [1.29, 1.82) is 0 Å². The molecule has 0 amide bonds. The van der Waals surface area contributed by atoms with Gasteiger partial charge in [0.1, 0.15) is 31.2 Å². The van der Waals surface area contributed by atoms with Gasteiger partial charge >= 0.3 is 11.9 Å². The first kappa shape index (κ1) is 44.2. The number of esters is 2. The molecular formula is C32H50N4O13P+. The second-order valence-electron chi connectivity index (χ2n) is 12.9. The maximum Gasteiger partial charge on any atom is 0.311 e. The number of aliphatic hydroxyl groups excluding tert-OH is 1. The van der Waals surface area contributed by atoms with Crippen LogP contribution < -0.4 is 14.4 Å². The van der Waals surface area contributed by atoms with Gasteiger partial charge in [-0.1, -0.05) is 0 Å². The van der Waals surface area contributed by atoms with E-state index in [2.05, 4.69) is 18.6 Å². The first-order valence-electron chi connectivity index (χ1n) is 16.2. The van der Waals surface area contributed by atoms with E-state index in [1.165, 1.54) is 48.5 Å². The molecule has 0 aliphatic carbocycles. The number of aliphatic hydroxyl groups is 1. The Bertz CT molecular complexity index is 1400. The van der Waals surface area contributed by atoms with Crippen LogP contribution in [0.1, 0.15) is 51.4 Å². The van der Waals surface area contributed by atoms with Crippen molar-refractivity contribution >= 4 is 31.1 Å². The summed E-state index contributed by atoms with van der Waals surface area (Å²) >= 11 is 0. The average Bonchev–Trinajstić information content (AvgIpc) is 3.00. The van der Waals surface area contributed by atoms with Gasteiger partial charge in [-0.05, 0) is 62.8 Å². The Hall–Kier alpha value is -3.83. The number of hydrogen-bond acceptors (Lipinski definition) is 12. The molecule has 17 nitrogen and oxygen atoms in total. The van der Waals surface area contributed by atoms with Crippen LogP contribution in [0.5, 0.6) is 11.5 Å². The van der Waals surface area contributed by atoms with E-state index in [4.69, 9.17) is 19.5 Å². The molecule has 0 bridgehead atoms. The maximum atomic E-state index is 11.8. The molecule has 0 aliphatic heterocycles. The number of ether oxygens (including phenoxy) is 2. The molecule has 1 atom stereocenters. The number of rotatable bonds is 22. The summed E-state index contributed by atoms with van der Waals surface area (Å²) in [7, 11) is 3.29. The van der Waals surface area contributed by atoms with Crippen molar-refractivity contribution in [3.63, 3.8) is 0 Å². The monoisotopic (exact) mass is 729 g/mol. The number of carbonyl (C=O) groups is 2. The minimum Gasteiger partial charge on any atom is -0.756 e. The molecule has 18 heteroatoms. The lowest BCUT2D eigenvalue weighted by Gasteiger charge is -2.30. The van der Waals surface area contributed by atoms with Gasteiger partial charge in [0.25, 0.3) is 19.2 Å². The van der Waals surface area contributed by atoms with Crippen LogP contribution in [0, 0.1) is 20.2 Å². The van der Waals surface area contributed by atoms with E-state index in [9.17, 15) is 39.3 Å². The summed E-state index contributed by atoms with van der Waals surface area (Å²) < 4.78 is 26.4. The Morgan fingerprint density at radius 2 is 1.06 bits per heavy atom. The predicted octanol–water partition coefficient (Wildman–Crippen LogP) is 3.74. The number of phosphoric ester groups is 1. The van der Waals surface area contributed by atoms with Crippen molar-refractivity contribution in [3.05, 3.63) is 68.8 Å². The van der Waals surface area contributed by atoms with E-state index in [1.54, 1.807) is 0 Å². The summed E-state index contributed by atoms with van der Waals surface area (Å²) in [6, 6.07) is 10.8. The molecule has 280 valence electrons. The lowest BCUT2D eigenvalue weighted by molar-refractivity contribution is -0.890. The van der Waals surface area contributed by atoms with E-state index < -0.39 is 23.6 Å². The molecule has 2 aromatic rings. The number of hydrogen-bond donors (Lipinski definition) is 2. The normalized spacial score (nSPS) is 12.6. The van der Waals surface area contributed by atoms with Crippen LogP contribution in [-0.4, -0.2) is 108 Å². The van der Waals surface area contributed by atoms with E-state index in [0.717, 1.165) is 56.2 Å². The highest BCUT2D eigenvalue weighted by atomic mass is 31.2. The summed E-state index contributed by atoms with van der Waals surface area (Å²) in [4.78, 5) is 62.6. The molecule has 0 aliphatic rings. The van der Waals surface area contributed by atoms with E-state index in [1.807, 2.05) is 14.1 Å². The second-order valence-corrected chi connectivity index (χ2v) is 14.1. The van der Waals surface area contributed by atoms with E-state index >= 15 is 0 Å². The number of nitro groups is 2. The molecule has 2 aromatic carbocycles. The lowest BCUT2D eigenvalue weighted by Crippen LogP contribution is -2.43. The molecule has 50 heavy (non-hydrogen) atoms. The van der Waals surface area contributed by atoms with Gasteiger partial charge in [0.05, 0.1) is 57.7 Å². The number of nitrogens with zero attached hydrogens (tertiary/aromatic N) is 4. The Labute approximate surface area is 292 Å². The van der Waals surface area contributed by atoms with Gasteiger partial charge in [-0.25, -0.2) is 0 Å². The Morgan fingerprint density at radius 1 is 0.680 bits per heavy atom. The van der Waals surface area contributed by atoms with Crippen molar-refractivity contribution in [2.24, 2.45) is 0 Å². The molecule has 0 heterocycles. The van der Waals surface area contributed by atoms with Crippen molar-refractivity contribution in [2.75, 3.05) is 67.6 Å². The van der Waals surface area contributed by atoms with Gasteiger partial charge in [-0.15, -0.1) is 0 Å². The largest absolute Gasteiger partial charge is 0.756 e. The molecule has 0 radical (unpaired) electrons. The summed E-state index contributed by atoms with van der Waals surface area (Å²) in [5, 5.41) is 30.0. The molecule has 2 rings (SSSR count). The number of benzene rings is 2. The quantitative estimate of drug-likeness (QED) is 0.0335. The Morgan fingerprint density at radius 3 is 1.40 bits per heavy atom. The summed E-state index contributed by atoms with van der Waals surface area (Å²) in [6.45, 7) is 2.95. The van der Waals surface area contributed by atoms with Crippen molar-refractivity contribution in [3.8, 4) is 11.5 Å². The van der Waals surface area contributed by atoms with Gasteiger partial charge in [-0.3, -0.25) is 34.4 Å². The number of phosphoric acid groups is 1. The minimum atomic E-state index is -4.68. The number of carbonyl (C=O) groups excluding carboxylic acids is 2. The number of quaternary nitrogens is 2. The van der Waals surface area contributed by atoms with Crippen LogP contribution in [-0.2, 0) is 18.7 Å². The fourth-order valence-corrected chi connectivity index (χ4v) is 4.82. The number of nitro benzene ring substituents is 2. The number of likely N-dealkylation sites (N-methyl/N-ethyl adjacent to an activating group) is 2.